The molecule has 6 atom stereocenters. The van der Waals surface area contributed by atoms with Crippen molar-refractivity contribution in [1.29, 1.82) is 0 Å². The third-order valence-corrected chi connectivity index (χ3v) is 15.3. The second-order valence-corrected chi connectivity index (χ2v) is 18.5. The first-order valence-corrected chi connectivity index (χ1v) is 23.0. The van der Waals surface area contributed by atoms with Gasteiger partial charge in [0, 0.05) is 41.9 Å². The normalized spacial score (nSPS) is 27.1. The van der Waals surface area contributed by atoms with Crippen molar-refractivity contribution in [3.63, 3.8) is 0 Å². The average molecular weight is 831 g/mol. The van der Waals surface area contributed by atoms with E-state index in [1.54, 1.807) is 6.07 Å². The first-order valence-electron chi connectivity index (χ1n) is 22.5. The lowest BCUT2D eigenvalue weighted by Gasteiger charge is -2.58. The number of hydrogen-bond acceptors (Lipinski definition) is 6. The predicted molar refractivity (Wildman–Crippen MR) is 234 cm³/mol. The Balaban J connectivity index is 0.000000155. The molecule has 2 aliphatic heterocycles. The second kappa shape index (κ2) is 17.7. The van der Waals surface area contributed by atoms with E-state index >= 15 is 0 Å². The zero-order valence-electron chi connectivity index (χ0n) is 34.7. The van der Waals surface area contributed by atoms with Crippen LogP contribution < -0.4 is 4.74 Å². The molecule has 2 amide bonds. The van der Waals surface area contributed by atoms with Gasteiger partial charge in [0.1, 0.15) is 24.7 Å². The Hall–Kier alpha value is -4.69. The fourth-order valence-corrected chi connectivity index (χ4v) is 12.5. The van der Waals surface area contributed by atoms with E-state index in [2.05, 4.69) is 24.3 Å². The van der Waals surface area contributed by atoms with Gasteiger partial charge in [-0.15, -0.1) is 11.6 Å². The Morgan fingerprint density at radius 2 is 1.17 bits per heavy atom. The summed E-state index contributed by atoms with van der Waals surface area (Å²) in [4.78, 5) is 30.1. The molecule has 4 aliphatic carbocycles. The summed E-state index contributed by atoms with van der Waals surface area (Å²) < 4.78 is 17.4. The minimum Gasteiger partial charge on any atom is -0.508 e. The maximum atomic E-state index is 13.1. The molecular weight excluding hydrogens is 772 g/mol. The number of carbonyl (C=O) groups excluding carboxylic acids is 2. The molecule has 4 aromatic rings. The molecule has 2 heterocycles. The Bertz CT molecular complexity index is 2130. The minimum absolute atomic E-state index is 0.117. The number of alkyl halides is 1. The molecule has 2 saturated heterocycles. The second-order valence-electron chi connectivity index (χ2n) is 18.1. The van der Waals surface area contributed by atoms with Crippen molar-refractivity contribution in [2.75, 3.05) is 25.6 Å². The highest BCUT2D eigenvalue weighted by atomic mass is 35.5. The Kier molecular flexibility index (Phi) is 12.0. The summed E-state index contributed by atoms with van der Waals surface area (Å²) in [5.74, 6) is 2.90. The van der Waals surface area contributed by atoms with Gasteiger partial charge in [0.2, 0.25) is 0 Å². The fraction of sp³-hybridized carbons (Fsp3) is 0.490. The molecule has 4 aromatic carbocycles. The molecule has 4 bridgehead atoms. The fourth-order valence-electron chi connectivity index (χ4n) is 12.4. The van der Waals surface area contributed by atoms with Gasteiger partial charge in [0.25, 0.3) is 0 Å². The Labute approximate surface area is 360 Å². The van der Waals surface area contributed by atoms with Gasteiger partial charge in [-0.25, -0.2) is 9.59 Å². The van der Waals surface area contributed by atoms with Crippen LogP contribution in [0.1, 0.15) is 104 Å². The van der Waals surface area contributed by atoms with Gasteiger partial charge in [-0.3, -0.25) is 0 Å². The molecule has 316 valence electrons. The quantitative estimate of drug-likeness (QED) is 0.141. The number of likely N-dealkylation sites (tertiary alicyclic amines) is 2. The van der Waals surface area contributed by atoms with Gasteiger partial charge < -0.3 is 29.1 Å². The highest BCUT2D eigenvalue weighted by molar-refractivity contribution is 6.17. The van der Waals surface area contributed by atoms with Gasteiger partial charge in [0.15, 0.2) is 0 Å². The van der Waals surface area contributed by atoms with E-state index in [1.165, 1.54) is 60.8 Å². The number of fused-ring (bicyclic) bond motifs is 2. The number of phenolic OH excluding ortho intramolecular Hbond substituents is 1. The highest BCUT2D eigenvalue weighted by Crippen LogP contribution is 2.58. The first kappa shape index (κ1) is 40.7. The maximum Gasteiger partial charge on any atom is 0.410 e. The lowest BCUT2D eigenvalue weighted by molar-refractivity contribution is -0.0140. The number of aromatic hydroxyl groups is 1. The van der Waals surface area contributed by atoms with E-state index < -0.39 is 0 Å². The van der Waals surface area contributed by atoms with E-state index in [-0.39, 0.29) is 35.1 Å². The van der Waals surface area contributed by atoms with Crippen LogP contribution in [0, 0.1) is 11.8 Å². The first-order chi connectivity index (χ1) is 29.4. The summed E-state index contributed by atoms with van der Waals surface area (Å²) in [6.07, 6.45) is 13.9. The molecule has 1 N–H and O–H groups in total. The van der Waals surface area contributed by atoms with Gasteiger partial charge >= 0.3 is 12.2 Å². The van der Waals surface area contributed by atoms with E-state index in [4.69, 9.17) is 25.8 Å². The van der Waals surface area contributed by atoms with Gasteiger partial charge in [-0.1, -0.05) is 98.5 Å². The number of hydrogen-bond donors (Lipinski definition) is 1. The van der Waals surface area contributed by atoms with Crippen LogP contribution in [-0.4, -0.2) is 64.8 Å². The van der Waals surface area contributed by atoms with Crippen LogP contribution in [0.2, 0.25) is 0 Å². The summed E-state index contributed by atoms with van der Waals surface area (Å²) in [5.41, 5.74) is 7.80. The van der Waals surface area contributed by atoms with Crippen LogP contribution in [-0.2, 0) is 46.4 Å². The lowest BCUT2D eigenvalue weighted by atomic mass is 9.52. The third-order valence-electron chi connectivity index (χ3n) is 15.1. The van der Waals surface area contributed by atoms with Crippen molar-refractivity contribution in [1.82, 2.24) is 9.80 Å². The van der Waals surface area contributed by atoms with Crippen molar-refractivity contribution < 1.29 is 28.9 Å². The molecule has 9 heteroatoms. The molecule has 6 aliphatic rings. The summed E-state index contributed by atoms with van der Waals surface area (Å²) in [6.45, 7) is 2.82. The van der Waals surface area contributed by atoms with Crippen LogP contribution in [0.3, 0.4) is 0 Å². The van der Waals surface area contributed by atoms with Gasteiger partial charge in [-0.05, 0) is 127 Å². The molecule has 2 saturated carbocycles. The highest BCUT2D eigenvalue weighted by Gasteiger charge is 2.56. The summed E-state index contributed by atoms with van der Waals surface area (Å²) in [5, 5.41) is 10.1. The van der Waals surface area contributed by atoms with Crippen molar-refractivity contribution in [2.24, 2.45) is 11.8 Å². The maximum absolute atomic E-state index is 13.1. The number of piperidine rings is 2. The molecule has 0 spiro atoms. The number of amides is 2. The van der Waals surface area contributed by atoms with E-state index in [0.29, 0.717) is 43.3 Å². The third kappa shape index (κ3) is 7.85. The van der Waals surface area contributed by atoms with E-state index in [9.17, 15) is 14.7 Å². The van der Waals surface area contributed by atoms with Crippen LogP contribution in [0.15, 0.2) is 97.1 Å². The lowest BCUT2D eigenvalue weighted by Crippen LogP contribution is -2.62. The predicted octanol–water partition coefficient (Wildman–Crippen LogP) is 10.9. The van der Waals surface area contributed by atoms with Crippen molar-refractivity contribution in [3.8, 4) is 11.5 Å². The summed E-state index contributed by atoms with van der Waals surface area (Å²) in [7, 11) is 0. The number of benzene rings is 4. The topological polar surface area (TPSA) is 88.5 Å². The van der Waals surface area contributed by atoms with Crippen LogP contribution in [0.25, 0.3) is 0 Å². The van der Waals surface area contributed by atoms with Gasteiger partial charge in [0.05, 0.1) is 6.61 Å². The van der Waals surface area contributed by atoms with E-state index in [0.717, 1.165) is 74.9 Å². The minimum atomic E-state index is -0.185. The zero-order chi connectivity index (χ0) is 41.1. The van der Waals surface area contributed by atoms with Gasteiger partial charge in [-0.2, -0.15) is 0 Å². The molecular formula is C51H59ClN2O6. The van der Waals surface area contributed by atoms with Crippen molar-refractivity contribution in [2.45, 2.75) is 120 Å². The monoisotopic (exact) mass is 830 g/mol. The molecule has 4 fully saturated rings. The van der Waals surface area contributed by atoms with Crippen LogP contribution in [0.4, 0.5) is 9.59 Å². The molecule has 6 unspecified atom stereocenters. The number of halogens is 1. The Morgan fingerprint density at radius 1 is 0.650 bits per heavy atom. The number of carbonyl (C=O) groups is 2. The van der Waals surface area contributed by atoms with Crippen LogP contribution >= 0.6 is 11.6 Å². The molecule has 0 aromatic heterocycles. The average Bonchev–Trinajstić information content (AvgIpc) is 3.29. The summed E-state index contributed by atoms with van der Waals surface area (Å²) in [6, 6.07) is 32.7. The Morgan fingerprint density at radius 3 is 1.70 bits per heavy atom. The summed E-state index contributed by atoms with van der Waals surface area (Å²) >= 11 is 5.82. The smallest absolute Gasteiger partial charge is 0.410 e. The standard InChI is InChI=1S/C27H32ClNO3.C24H27NO3/c28-14-6-16-31-22-11-10-21-17-25-23-9-4-5-12-27(23,24(21)18-22)13-15-29(25)26(30)32-19-20-7-2-1-3-8-20;26-19-10-9-18-14-22-20-8-4-5-11-24(20,21(18)15-19)12-13-25(22)23(27)28-16-17-6-2-1-3-7-17/h1-3,7-8,10-11,18,23,25H,4-6,9,12-17,19H2;1-3,6-7,9-10,15,20,22,26H,4-5,8,11-14,16H2. The van der Waals surface area contributed by atoms with Crippen molar-refractivity contribution in [3.05, 3.63) is 130 Å². The molecule has 0 radical (unpaired) electrons. The molecule has 10 rings (SSSR count). The number of rotatable bonds is 8. The molecule has 8 nitrogen and oxygen atoms in total. The molecule has 60 heavy (non-hydrogen) atoms. The van der Waals surface area contributed by atoms with Crippen molar-refractivity contribution >= 4 is 23.8 Å². The van der Waals surface area contributed by atoms with E-state index in [1.807, 2.05) is 76.5 Å². The van der Waals surface area contributed by atoms with Crippen LogP contribution in [0.5, 0.6) is 11.5 Å². The largest absolute Gasteiger partial charge is 0.508 e. The number of ether oxygens (including phenoxy) is 3. The zero-order valence-corrected chi connectivity index (χ0v) is 35.5. The number of nitrogens with zero attached hydrogens (tertiary/aromatic N) is 2. The SMILES string of the molecule is O=C(OCc1ccccc1)N1CCC23CCCCC2C1Cc1ccc(O)cc13.O=C(OCc1ccccc1)N1CCC23CCCCC2C1Cc1ccc(OCCCCl)cc13. The number of phenols is 1.